The predicted octanol–water partition coefficient (Wildman–Crippen LogP) is 4.49. The lowest BCUT2D eigenvalue weighted by Gasteiger charge is -2.36. The molecule has 146 valence electrons. The average molecular weight is 393 g/mol. The minimum atomic E-state index is -0.778. The molecule has 1 N–H and O–H groups in total. The van der Waals surface area contributed by atoms with Gasteiger partial charge in [0.1, 0.15) is 5.75 Å². The van der Waals surface area contributed by atoms with Gasteiger partial charge in [0.2, 0.25) is 0 Å². The van der Waals surface area contributed by atoms with E-state index in [4.69, 9.17) is 4.74 Å². The lowest BCUT2D eigenvalue weighted by Crippen LogP contribution is -2.36. The van der Waals surface area contributed by atoms with Crippen LogP contribution in [0.5, 0.6) is 5.75 Å². The fourth-order valence-corrected chi connectivity index (χ4v) is 5.65. The van der Waals surface area contributed by atoms with E-state index in [0.717, 1.165) is 11.3 Å². The number of rotatable bonds is 8. The Morgan fingerprint density at radius 3 is 1.96 bits per heavy atom. The lowest BCUT2D eigenvalue weighted by atomic mass is 10.0. The molecule has 0 amide bonds. The number of benzene rings is 3. The highest BCUT2D eigenvalue weighted by Gasteiger charge is 2.28. The van der Waals surface area contributed by atoms with Gasteiger partial charge in [-0.3, -0.25) is 4.67 Å². The molecule has 3 aromatic rings. The third-order valence-electron chi connectivity index (χ3n) is 4.90. The second-order valence-electron chi connectivity index (χ2n) is 6.74. The second kappa shape index (κ2) is 9.84. The molecule has 1 unspecified atom stereocenters. The van der Waals surface area contributed by atoms with Gasteiger partial charge in [0.05, 0.1) is 12.7 Å². The largest absolute Gasteiger partial charge is 0.494 e. The molecule has 0 saturated carbocycles. The number of hydrogen-bond acceptors (Lipinski definition) is 3. The molecular weight excluding hydrogens is 365 g/mol. The van der Waals surface area contributed by atoms with Crippen molar-refractivity contribution in [1.29, 1.82) is 0 Å². The molecule has 0 saturated heterocycles. The molecule has 0 fully saturated rings. The Bertz CT molecular complexity index is 839. The van der Waals surface area contributed by atoms with Gasteiger partial charge in [-0.05, 0) is 61.3 Å². The minimum Gasteiger partial charge on any atom is -0.494 e. The van der Waals surface area contributed by atoms with Gasteiger partial charge in [-0.2, -0.15) is 0 Å². The van der Waals surface area contributed by atoms with Crippen LogP contribution in [-0.2, 0) is 0 Å². The van der Waals surface area contributed by atoms with E-state index in [2.05, 4.69) is 55.0 Å². The summed E-state index contributed by atoms with van der Waals surface area (Å²) in [4.78, 5) is 0. The van der Waals surface area contributed by atoms with Gasteiger partial charge in [-0.1, -0.05) is 60.7 Å². The average Bonchev–Trinajstić information content (AvgIpc) is 2.75. The maximum Gasteiger partial charge on any atom is 0.119 e. The summed E-state index contributed by atoms with van der Waals surface area (Å²) < 4.78 is 7.91. The fraction of sp³-hybridized carbons (Fsp3) is 0.250. The number of aliphatic hydroxyl groups excluding tert-OH is 1. The normalized spacial score (nSPS) is 14.5. The van der Waals surface area contributed by atoms with Crippen LogP contribution in [0.1, 0.15) is 25.5 Å². The summed E-state index contributed by atoms with van der Waals surface area (Å²) in [5.74, 6) is 0.884. The number of ether oxygens (including phenoxy) is 1. The van der Waals surface area contributed by atoms with Gasteiger partial charge in [0.15, 0.2) is 0 Å². The zero-order valence-electron chi connectivity index (χ0n) is 16.7. The number of likely N-dealkylation sites (N-methyl/N-ethyl adjacent to an activating group) is 1. The molecule has 0 aliphatic rings. The van der Waals surface area contributed by atoms with E-state index in [0.29, 0.717) is 6.61 Å². The van der Waals surface area contributed by atoms with Crippen LogP contribution >= 0.6 is 8.07 Å². The van der Waals surface area contributed by atoms with Crippen LogP contribution in [0.2, 0.25) is 0 Å². The Balaban J connectivity index is 1.92. The molecule has 3 aromatic carbocycles. The van der Waals surface area contributed by atoms with Gasteiger partial charge in [0, 0.05) is 14.1 Å². The van der Waals surface area contributed by atoms with E-state index in [1.807, 2.05) is 55.5 Å². The van der Waals surface area contributed by atoms with Gasteiger partial charge in [-0.25, -0.2) is 0 Å². The molecule has 0 heterocycles. The van der Waals surface area contributed by atoms with Crippen molar-refractivity contribution in [3.63, 3.8) is 0 Å². The van der Waals surface area contributed by atoms with Crippen LogP contribution in [0.25, 0.3) is 0 Å². The summed E-state index contributed by atoms with van der Waals surface area (Å²) >= 11 is 0. The SMILES string of the molecule is CCOc1ccc([P@](c2ccccc2)N(C)[C@@H](C)C(O)c2ccccc2)cc1. The summed E-state index contributed by atoms with van der Waals surface area (Å²) in [5.41, 5.74) is 0.941. The van der Waals surface area contributed by atoms with Crippen molar-refractivity contribution in [1.82, 2.24) is 4.67 Å². The highest BCUT2D eigenvalue weighted by molar-refractivity contribution is 7.70. The molecule has 0 aliphatic heterocycles. The topological polar surface area (TPSA) is 32.7 Å². The Labute approximate surface area is 169 Å². The third kappa shape index (κ3) is 4.80. The smallest absolute Gasteiger partial charge is 0.119 e. The summed E-state index contributed by atoms with van der Waals surface area (Å²) in [7, 11) is 1.32. The molecule has 3 atom stereocenters. The fourth-order valence-electron chi connectivity index (χ4n) is 3.25. The van der Waals surface area contributed by atoms with Crippen LogP contribution in [-0.4, -0.2) is 29.5 Å². The first kappa shape index (κ1) is 20.5. The van der Waals surface area contributed by atoms with E-state index in [9.17, 15) is 5.11 Å². The van der Waals surface area contributed by atoms with E-state index >= 15 is 0 Å². The van der Waals surface area contributed by atoms with E-state index in [1.54, 1.807) is 0 Å². The lowest BCUT2D eigenvalue weighted by molar-refractivity contribution is 0.111. The van der Waals surface area contributed by atoms with Crippen LogP contribution in [0.4, 0.5) is 0 Å². The van der Waals surface area contributed by atoms with Gasteiger partial charge in [-0.15, -0.1) is 0 Å². The maximum absolute atomic E-state index is 11.0. The number of nitrogens with zero attached hydrogens (tertiary/aromatic N) is 1. The molecule has 0 bridgehead atoms. The number of aliphatic hydroxyl groups is 1. The van der Waals surface area contributed by atoms with Gasteiger partial charge >= 0.3 is 0 Å². The summed E-state index contributed by atoms with van der Waals surface area (Å²) in [6.07, 6.45) is -0.553. The first-order valence-corrected chi connectivity index (χ1v) is 10.9. The summed E-state index contributed by atoms with van der Waals surface area (Å²) in [5, 5.41) is 13.5. The standard InChI is InChI=1S/C24H28NO2P/c1-4-27-21-15-17-23(18-16-21)28(22-13-9-6-10-14-22)25(3)19(2)24(26)20-11-7-5-8-12-20/h5-19,24,26H,4H2,1-3H3/t19-,24?,28-/m0/s1. The van der Waals surface area contributed by atoms with Crippen molar-refractivity contribution in [2.24, 2.45) is 0 Å². The van der Waals surface area contributed by atoms with Crippen molar-refractivity contribution in [3.8, 4) is 5.75 Å². The predicted molar refractivity (Wildman–Crippen MR) is 119 cm³/mol. The van der Waals surface area contributed by atoms with Crippen molar-refractivity contribution >= 4 is 18.7 Å². The first-order chi connectivity index (χ1) is 13.6. The van der Waals surface area contributed by atoms with Crippen LogP contribution in [0.3, 0.4) is 0 Å². The van der Waals surface area contributed by atoms with Gasteiger partial charge in [0.25, 0.3) is 0 Å². The molecule has 4 heteroatoms. The van der Waals surface area contributed by atoms with Crippen molar-refractivity contribution in [2.45, 2.75) is 26.0 Å². The highest BCUT2D eigenvalue weighted by atomic mass is 31.1. The quantitative estimate of drug-likeness (QED) is 0.573. The van der Waals surface area contributed by atoms with E-state index in [-0.39, 0.29) is 6.04 Å². The van der Waals surface area contributed by atoms with Crippen LogP contribution < -0.4 is 15.3 Å². The van der Waals surface area contributed by atoms with Crippen molar-refractivity contribution in [2.75, 3.05) is 13.7 Å². The molecule has 3 nitrogen and oxygen atoms in total. The van der Waals surface area contributed by atoms with Crippen molar-refractivity contribution in [3.05, 3.63) is 90.5 Å². The molecule has 3 rings (SSSR count). The van der Waals surface area contributed by atoms with Crippen LogP contribution in [0, 0.1) is 0 Å². The zero-order chi connectivity index (χ0) is 19.9. The van der Waals surface area contributed by atoms with E-state index < -0.39 is 14.2 Å². The third-order valence-corrected chi connectivity index (χ3v) is 7.47. The van der Waals surface area contributed by atoms with E-state index in [1.165, 1.54) is 10.6 Å². The van der Waals surface area contributed by atoms with Crippen molar-refractivity contribution < 1.29 is 9.84 Å². The monoisotopic (exact) mass is 393 g/mol. The molecule has 0 spiro atoms. The minimum absolute atomic E-state index is 0.0414. The summed E-state index contributed by atoms with van der Waals surface area (Å²) in [6, 6.07) is 28.7. The molecule has 28 heavy (non-hydrogen) atoms. The molecular formula is C24H28NO2P. The Kier molecular flexibility index (Phi) is 7.22. The Hall–Kier alpha value is -2.19. The first-order valence-electron chi connectivity index (χ1n) is 9.65. The Morgan fingerprint density at radius 1 is 0.857 bits per heavy atom. The Morgan fingerprint density at radius 2 is 1.39 bits per heavy atom. The molecule has 0 radical (unpaired) electrons. The number of hydrogen-bond donors (Lipinski definition) is 1. The zero-order valence-corrected chi connectivity index (χ0v) is 17.6. The molecule has 0 aliphatic carbocycles. The molecule has 0 aromatic heterocycles. The van der Waals surface area contributed by atoms with Crippen LogP contribution in [0.15, 0.2) is 84.9 Å². The summed E-state index contributed by atoms with van der Waals surface area (Å²) in [6.45, 7) is 4.74. The maximum atomic E-state index is 11.0. The highest BCUT2D eigenvalue weighted by Crippen LogP contribution is 2.41. The van der Waals surface area contributed by atoms with Gasteiger partial charge < -0.3 is 9.84 Å². The second-order valence-corrected chi connectivity index (χ2v) is 9.03.